The largest absolute Gasteiger partial charge is 0.393 e. The van der Waals surface area contributed by atoms with Gasteiger partial charge in [0.25, 0.3) is 0 Å². The van der Waals surface area contributed by atoms with Crippen molar-refractivity contribution in [3.8, 4) is 0 Å². The molecule has 218 valence electrons. The molecule has 4 saturated carbocycles. The van der Waals surface area contributed by atoms with Gasteiger partial charge in [-0.15, -0.1) is 0 Å². The number of carbonyl (C=O) groups excluding carboxylic acids is 2. The first-order valence-electron chi connectivity index (χ1n) is 16.5. The predicted octanol–water partition coefficient (Wildman–Crippen LogP) is 7.34. The van der Waals surface area contributed by atoms with Crippen molar-refractivity contribution in [2.45, 2.75) is 132 Å². The van der Waals surface area contributed by atoms with Crippen LogP contribution in [0.4, 0.5) is 0 Å². The maximum Gasteiger partial charge on any atom is 0.233 e. The number of rotatable bonds is 2. The minimum absolute atomic E-state index is 0.0418. The van der Waals surface area contributed by atoms with Gasteiger partial charge >= 0.3 is 0 Å². The quantitative estimate of drug-likeness (QED) is 0.401. The normalized spacial score (nSPS) is 47.4. The number of nitrogens with zero attached hydrogens (tertiary/aromatic N) is 1. The molecule has 0 aromatic carbocycles. The van der Waals surface area contributed by atoms with E-state index in [4.69, 9.17) is 0 Å². The van der Waals surface area contributed by atoms with Gasteiger partial charge in [-0.05, 0) is 127 Å². The van der Waals surface area contributed by atoms with Crippen molar-refractivity contribution in [2.24, 2.45) is 50.7 Å². The molecule has 1 saturated heterocycles. The standard InChI is InChI=1S/C35H55NO3/c1-22(2)28-24(37)21-35(30(39)36-19-9-8-10-20-36)18-17-33(6)23(29(28)35)11-12-26-32(5)15-14-27(38)31(3,4)25(32)13-16-34(26,33)7/h22-23,25-27,38H,8-21H2,1-7H3/t23-,25+,26-,27+,32+,33-,34-,35-/m1/s1. The minimum atomic E-state index is -0.584. The van der Waals surface area contributed by atoms with Crippen LogP contribution in [-0.2, 0) is 9.59 Å². The van der Waals surface area contributed by atoms with Crippen molar-refractivity contribution in [1.82, 2.24) is 4.90 Å². The van der Waals surface area contributed by atoms with E-state index in [-0.39, 0.29) is 45.4 Å². The molecule has 8 atom stereocenters. The molecular formula is C35H55NO3. The molecule has 0 bridgehead atoms. The second-order valence-electron chi connectivity index (χ2n) is 16.5. The Labute approximate surface area is 237 Å². The molecular weight excluding hydrogens is 482 g/mol. The molecule has 1 N–H and O–H groups in total. The van der Waals surface area contributed by atoms with Crippen LogP contribution >= 0.6 is 0 Å². The zero-order valence-electron chi connectivity index (χ0n) is 26.0. The maximum absolute atomic E-state index is 14.5. The second kappa shape index (κ2) is 8.92. The van der Waals surface area contributed by atoms with Crippen molar-refractivity contribution >= 4 is 11.7 Å². The van der Waals surface area contributed by atoms with Gasteiger partial charge in [0.1, 0.15) is 0 Å². The van der Waals surface area contributed by atoms with Gasteiger partial charge < -0.3 is 10.0 Å². The fourth-order valence-corrected chi connectivity index (χ4v) is 12.3. The fourth-order valence-electron chi connectivity index (χ4n) is 12.3. The van der Waals surface area contributed by atoms with E-state index in [1.165, 1.54) is 31.3 Å². The lowest BCUT2D eigenvalue weighted by atomic mass is 9.33. The van der Waals surface area contributed by atoms with E-state index in [0.717, 1.165) is 63.6 Å². The van der Waals surface area contributed by atoms with Gasteiger partial charge in [0.2, 0.25) is 5.91 Å². The maximum atomic E-state index is 14.5. The second-order valence-corrected chi connectivity index (χ2v) is 16.5. The smallest absolute Gasteiger partial charge is 0.233 e. The van der Waals surface area contributed by atoms with Crippen molar-refractivity contribution in [3.05, 3.63) is 11.1 Å². The van der Waals surface area contributed by atoms with E-state index < -0.39 is 5.41 Å². The highest BCUT2D eigenvalue weighted by Crippen LogP contribution is 2.76. The Morgan fingerprint density at radius 3 is 2.21 bits per heavy atom. The molecule has 4 heteroatoms. The van der Waals surface area contributed by atoms with Gasteiger partial charge in [-0.2, -0.15) is 0 Å². The third-order valence-electron chi connectivity index (χ3n) is 14.5. The summed E-state index contributed by atoms with van der Waals surface area (Å²) >= 11 is 0. The Hall–Kier alpha value is -1.16. The summed E-state index contributed by atoms with van der Waals surface area (Å²) in [5, 5.41) is 11.0. The molecule has 0 aromatic heterocycles. The number of ketones is 1. The van der Waals surface area contributed by atoms with Crippen LogP contribution in [-0.4, -0.2) is 40.9 Å². The number of aliphatic hydroxyl groups is 1. The van der Waals surface area contributed by atoms with E-state index in [1.54, 1.807) is 0 Å². The van der Waals surface area contributed by atoms with Crippen molar-refractivity contribution in [3.63, 3.8) is 0 Å². The molecule has 0 unspecified atom stereocenters. The lowest BCUT2D eigenvalue weighted by Crippen LogP contribution is -2.66. The highest BCUT2D eigenvalue weighted by atomic mass is 16.3. The first kappa shape index (κ1) is 28.0. The molecule has 1 heterocycles. The summed E-state index contributed by atoms with van der Waals surface area (Å²) in [4.78, 5) is 30.4. The van der Waals surface area contributed by atoms with Gasteiger partial charge in [0, 0.05) is 19.5 Å². The van der Waals surface area contributed by atoms with Crippen molar-refractivity contribution in [1.29, 1.82) is 0 Å². The number of allylic oxidation sites excluding steroid dienone is 1. The predicted molar refractivity (Wildman–Crippen MR) is 156 cm³/mol. The Kier molecular flexibility index (Phi) is 6.40. The number of fused-ring (bicyclic) bond motifs is 7. The average Bonchev–Trinajstić information content (AvgIpc) is 3.20. The SMILES string of the molecule is CC(C)C1=C2[C@H]3CC[C@@H]4[C@@]5(C)CC[C@H](O)C(C)(C)[C@@H]5CC[C@@]4(C)[C@]3(C)CC[C@@]2(C(=O)N2CCCCC2)CC1=O. The highest BCUT2D eigenvalue weighted by Gasteiger charge is 2.71. The molecule has 6 aliphatic rings. The summed E-state index contributed by atoms with van der Waals surface area (Å²) < 4.78 is 0. The van der Waals surface area contributed by atoms with E-state index >= 15 is 0 Å². The van der Waals surface area contributed by atoms with Crippen LogP contribution in [0.5, 0.6) is 0 Å². The van der Waals surface area contributed by atoms with Crippen molar-refractivity contribution in [2.75, 3.05) is 13.1 Å². The molecule has 4 nitrogen and oxygen atoms in total. The number of hydrogen-bond acceptors (Lipinski definition) is 3. The number of carbonyl (C=O) groups is 2. The first-order valence-corrected chi connectivity index (χ1v) is 16.5. The van der Waals surface area contributed by atoms with Crippen LogP contribution in [0.3, 0.4) is 0 Å². The number of likely N-dealkylation sites (tertiary alicyclic amines) is 1. The first-order chi connectivity index (χ1) is 18.2. The highest BCUT2D eigenvalue weighted by molar-refractivity contribution is 6.07. The van der Waals surface area contributed by atoms with Gasteiger partial charge in [-0.3, -0.25) is 9.59 Å². The minimum Gasteiger partial charge on any atom is -0.393 e. The molecule has 6 rings (SSSR count). The fraction of sp³-hybridized carbons (Fsp3) is 0.886. The molecule has 1 aliphatic heterocycles. The Bertz CT molecular complexity index is 1080. The van der Waals surface area contributed by atoms with E-state index in [2.05, 4.69) is 53.4 Å². The van der Waals surface area contributed by atoms with Gasteiger partial charge in [0.05, 0.1) is 11.5 Å². The molecule has 0 radical (unpaired) electrons. The zero-order chi connectivity index (χ0) is 28.2. The zero-order valence-corrected chi connectivity index (χ0v) is 26.0. The van der Waals surface area contributed by atoms with Crippen LogP contribution in [0.15, 0.2) is 11.1 Å². The van der Waals surface area contributed by atoms with Crippen LogP contribution in [0.1, 0.15) is 126 Å². The average molecular weight is 538 g/mol. The topological polar surface area (TPSA) is 57.6 Å². The summed E-state index contributed by atoms with van der Waals surface area (Å²) in [5.74, 6) is 2.23. The molecule has 0 aromatic rings. The van der Waals surface area contributed by atoms with E-state index in [9.17, 15) is 14.7 Å². The number of amides is 1. The summed E-state index contributed by atoms with van der Waals surface area (Å²) in [7, 11) is 0. The Morgan fingerprint density at radius 2 is 1.54 bits per heavy atom. The van der Waals surface area contributed by atoms with Crippen LogP contribution in [0.2, 0.25) is 0 Å². The number of piperidine rings is 1. The van der Waals surface area contributed by atoms with Crippen LogP contribution < -0.4 is 0 Å². The van der Waals surface area contributed by atoms with Crippen LogP contribution in [0, 0.1) is 50.7 Å². The van der Waals surface area contributed by atoms with Gasteiger partial charge in [-0.1, -0.05) is 48.5 Å². The Morgan fingerprint density at radius 1 is 0.846 bits per heavy atom. The van der Waals surface area contributed by atoms with E-state index in [1.807, 2.05) is 0 Å². The summed E-state index contributed by atoms with van der Waals surface area (Å²) in [6, 6.07) is 0. The molecule has 39 heavy (non-hydrogen) atoms. The lowest BCUT2D eigenvalue weighted by Gasteiger charge is -2.72. The Balaban J connectivity index is 1.43. The van der Waals surface area contributed by atoms with Crippen LogP contribution in [0.25, 0.3) is 0 Å². The molecule has 5 aliphatic carbocycles. The summed E-state index contributed by atoms with van der Waals surface area (Å²) in [6.07, 6.45) is 12.2. The third kappa shape index (κ3) is 3.51. The summed E-state index contributed by atoms with van der Waals surface area (Å²) in [6.45, 7) is 18.5. The van der Waals surface area contributed by atoms with Gasteiger partial charge in [0.15, 0.2) is 5.78 Å². The number of Topliss-reactive ketones (excluding diaryl/α,β-unsaturated/α-hetero) is 1. The number of aliphatic hydroxyl groups excluding tert-OH is 1. The van der Waals surface area contributed by atoms with E-state index in [0.29, 0.717) is 24.2 Å². The lowest BCUT2D eigenvalue weighted by molar-refractivity contribution is -0.228. The van der Waals surface area contributed by atoms with Gasteiger partial charge in [-0.25, -0.2) is 0 Å². The van der Waals surface area contributed by atoms with Crippen molar-refractivity contribution < 1.29 is 14.7 Å². The summed E-state index contributed by atoms with van der Waals surface area (Å²) in [5.41, 5.74) is 2.22. The molecule has 0 spiro atoms. The molecule has 1 amide bonds. The molecule has 5 fully saturated rings. The number of hydrogen-bond donors (Lipinski definition) is 1. The third-order valence-corrected chi connectivity index (χ3v) is 14.5. The monoisotopic (exact) mass is 537 g/mol.